The first-order valence-corrected chi connectivity index (χ1v) is 9.18. The summed E-state index contributed by atoms with van der Waals surface area (Å²) in [6.45, 7) is 7.77. The molecule has 0 unspecified atom stereocenters. The summed E-state index contributed by atoms with van der Waals surface area (Å²) in [4.78, 5) is 17.0. The molecular weight excluding hydrogens is 348 g/mol. The van der Waals surface area contributed by atoms with E-state index in [4.69, 9.17) is 4.74 Å². The molecule has 136 valence electrons. The second-order valence-electron chi connectivity index (χ2n) is 7.09. The average Bonchev–Trinajstić information content (AvgIpc) is 2.95. The minimum atomic E-state index is -0.285. The van der Waals surface area contributed by atoms with Gasteiger partial charge in [-0.1, -0.05) is 0 Å². The van der Waals surface area contributed by atoms with Gasteiger partial charge in [0.15, 0.2) is 0 Å². The number of thiazole rings is 1. The number of amides is 1. The van der Waals surface area contributed by atoms with Crippen LogP contribution in [-0.4, -0.2) is 21.6 Å². The van der Waals surface area contributed by atoms with Gasteiger partial charge in [-0.25, -0.2) is 4.98 Å². The molecular formula is C20H22N2O3S. The molecule has 0 saturated carbocycles. The lowest BCUT2D eigenvalue weighted by Crippen LogP contribution is -2.23. The zero-order valence-electron chi connectivity index (χ0n) is 15.3. The van der Waals surface area contributed by atoms with E-state index in [1.165, 1.54) is 11.3 Å². The van der Waals surface area contributed by atoms with E-state index in [2.05, 4.69) is 10.3 Å². The van der Waals surface area contributed by atoms with E-state index in [0.29, 0.717) is 16.3 Å². The second-order valence-corrected chi connectivity index (χ2v) is 8.21. The molecule has 3 rings (SSSR count). The molecule has 0 aliphatic rings. The van der Waals surface area contributed by atoms with Gasteiger partial charge in [-0.15, -0.1) is 11.3 Å². The van der Waals surface area contributed by atoms with Crippen molar-refractivity contribution in [1.82, 2.24) is 4.98 Å². The van der Waals surface area contributed by atoms with Crippen LogP contribution in [0, 0.1) is 6.92 Å². The van der Waals surface area contributed by atoms with Crippen LogP contribution in [0.15, 0.2) is 36.4 Å². The Kier molecular flexibility index (Phi) is 4.98. The first-order chi connectivity index (χ1) is 12.2. The number of nitrogens with one attached hydrogen (secondary N) is 1. The lowest BCUT2D eigenvalue weighted by atomic mass is 10.1. The first-order valence-electron chi connectivity index (χ1n) is 8.36. The maximum absolute atomic E-state index is 12.6. The molecule has 0 atom stereocenters. The number of nitrogens with zero attached hydrogens (tertiary/aromatic N) is 1. The van der Waals surface area contributed by atoms with Crippen molar-refractivity contribution in [3.8, 4) is 5.75 Å². The number of hydrogen-bond donors (Lipinski definition) is 2. The highest BCUT2D eigenvalue weighted by Crippen LogP contribution is 2.26. The van der Waals surface area contributed by atoms with Gasteiger partial charge < -0.3 is 15.2 Å². The zero-order valence-corrected chi connectivity index (χ0v) is 16.1. The van der Waals surface area contributed by atoms with Crippen molar-refractivity contribution in [3.63, 3.8) is 0 Å². The molecule has 0 saturated heterocycles. The highest BCUT2D eigenvalue weighted by atomic mass is 32.1. The number of aryl methyl sites for hydroxylation is 1. The summed E-state index contributed by atoms with van der Waals surface area (Å²) in [5.41, 5.74) is 2.60. The van der Waals surface area contributed by atoms with Crippen molar-refractivity contribution in [1.29, 1.82) is 0 Å². The van der Waals surface area contributed by atoms with E-state index >= 15 is 0 Å². The van der Waals surface area contributed by atoms with Gasteiger partial charge in [0, 0.05) is 11.3 Å². The quantitative estimate of drug-likeness (QED) is 0.708. The summed E-state index contributed by atoms with van der Waals surface area (Å²) in [7, 11) is 0. The monoisotopic (exact) mass is 370 g/mol. The predicted molar refractivity (Wildman–Crippen MR) is 105 cm³/mol. The summed E-state index contributed by atoms with van der Waals surface area (Å²) in [5, 5.41) is 12.8. The molecule has 1 aromatic heterocycles. The minimum Gasteiger partial charge on any atom is -0.488 e. The number of fused-ring (bicyclic) bond motifs is 1. The topological polar surface area (TPSA) is 71.5 Å². The lowest BCUT2D eigenvalue weighted by Gasteiger charge is -2.21. The molecule has 5 nitrogen and oxygen atoms in total. The number of aliphatic hydroxyl groups is 1. The standard InChI is InChI=1S/C20H22N2O3S/c1-12-9-14(25-20(2,3)4)6-7-15(12)19(24)21-13-5-8-17-16(10-13)22-18(11-23)26-17/h5-10,23H,11H2,1-4H3,(H,21,24). The normalized spacial score (nSPS) is 11.6. The Hall–Kier alpha value is -2.44. The molecule has 26 heavy (non-hydrogen) atoms. The third-order valence-corrected chi connectivity index (χ3v) is 4.71. The van der Waals surface area contributed by atoms with E-state index in [1.807, 2.05) is 58.0 Å². The highest BCUT2D eigenvalue weighted by molar-refractivity contribution is 7.18. The maximum Gasteiger partial charge on any atom is 0.255 e. The predicted octanol–water partition coefficient (Wildman–Crippen LogP) is 4.53. The van der Waals surface area contributed by atoms with E-state index < -0.39 is 0 Å². The summed E-state index contributed by atoms with van der Waals surface area (Å²) in [6.07, 6.45) is 0. The van der Waals surface area contributed by atoms with Crippen LogP contribution >= 0.6 is 11.3 Å². The van der Waals surface area contributed by atoms with Crippen molar-refractivity contribution < 1.29 is 14.6 Å². The van der Waals surface area contributed by atoms with Gasteiger partial charge in [0.25, 0.3) is 5.91 Å². The van der Waals surface area contributed by atoms with E-state index in [-0.39, 0.29) is 18.1 Å². The van der Waals surface area contributed by atoms with Gasteiger partial charge in [-0.2, -0.15) is 0 Å². The fourth-order valence-electron chi connectivity index (χ4n) is 2.63. The fraction of sp³-hybridized carbons (Fsp3) is 0.300. The summed E-state index contributed by atoms with van der Waals surface area (Å²) < 4.78 is 6.82. The number of carbonyl (C=O) groups is 1. The van der Waals surface area contributed by atoms with Gasteiger partial charge in [0.2, 0.25) is 0 Å². The van der Waals surface area contributed by atoms with Crippen molar-refractivity contribution in [3.05, 3.63) is 52.5 Å². The number of benzene rings is 2. The van der Waals surface area contributed by atoms with Crippen LogP contribution in [0.1, 0.15) is 41.7 Å². The zero-order chi connectivity index (χ0) is 18.9. The molecule has 1 heterocycles. The van der Waals surface area contributed by atoms with Crippen LogP contribution in [0.5, 0.6) is 5.75 Å². The summed E-state index contributed by atoms with van der Waals surface area (Å²) in [5.74, 6) is 0.564. The highest BCUT2D eigenvalue weighted by Gasteiger charge is 2.15. The van der Waals surface area contributed by atoms with E-state index in [9.17, 15) is 9.90 Å². The fourth-order valence-corrected chi connectivity index (χ4v) is 3.43. The molecule has 1 amide bonds. The van der Waals surface area contributed by atoms with E-state index in [1.54, 1.807) is 6.07 Å². The van der Waals surface area contributed by atoms with Crippen LogP contribution in [0.4, 0.5) is 5.69 Å². The maximum atomic E-state index is 12.6. The molecule has 0 spiro atoms. The second kappa shape index (κ2) is 7.05. The molecule has 3 aromatic rings. The Morgan fingerprint density at radius 3 is 2.65 bits per heavy atom. The number of ether oxygens (including phenoxy) is 1. The molecule has 0 radical (unpaired) electrons. The van der Waals surface area contributed by atoms with Crippen LogP contribution in [0.25, 0.3) is 10.2 Å². The SMILES string of the molecule is Cc1cc(OC(C)(C)C)ccc1C(=O)Nc1ccc2sc(CO)nc2c1. The Balaban J connectivity index is 1.79. The minimum absolute atomic E-state index is 0.0801. The van der Waals surface area contributed by atoms with E-state index in [0.717, 1.165) is 21.5 Å². The van der Waals surface area contributed by atoms with Crippen LogP contribution < -0.4 is 10.1 Å². The van der Waals surface area contributed by atoms with Gasteiger partial charge in [-0.05, 0) is 69.7 Å². The number of aliphatic hydroxyl groups excluding tert-OH is 1. The first kappa shape index (κ1) is 18.4. The smallest absolute Gasteiger partial charge is 0.255 e. The van der Waals surface area contributed by atoms with Crippen LogP contribution in [0.3, 0.4) is 0 Å². The third kappa shape index (κ3) is 4.20. The largest absolute Gasteiger partial charge is 0.488 e. The molecule has 0 fully saturated rings. The van der Waals surface area contributed by atoms with Gasteiger partial charge in [0.05, 0.1) is 16.8 Å². The van der Waals surface area contributed by atoms with Crippen molar-refractivity contribution in [2.75, 3.05) is 5.32 Å². The summed E-state index contributed by atoms with van der Waals surface area (Å²) >= 11 is 1.44. The Bertz CT molecular complexity index is 957. The Morgan fingerprint density at radius 1 is 1.23 bits per heavy atom. The van der Waals surface area contributed by atoms with Crippen molar-refractivity contribution in [2.24, 2.45) is 0 Å². The molecule has 0 aliphatic heterocycles. The number of hydrogen-bond acceptors (Lipinski definition) is 5. The number of aromatic nitrogens is 1. The van der Waals surface area contributed by atoms with Gasteiger partial charge in [0.1, 0.15) is 16.4 Å². The third-order valence-electron chi connectivity index (χ3n) is 3.69. The molecule has 2 N–H and O–H groups in total. The summed E-state index contributed by atoms with van der Waals surface area (Å²) in [6, 6.07) is 11.0. The molecule has 2 aromatic carbocycles. The molecule has 6 heteroatoms. The molecule has 0 aliphatic carbocycles. The lowest BCUT2D eigenvalue weighted by molar-refractivity contribution is 0.102. The van der Waals surface area contributed by atoms with Crippen molar-refractivity contribution >= 4 is 33.1 Å². The number of rotatable bonds is 4. The van der Waals surface area contributed by atoms with Gasteiger partial charge in [-0.3, -0.25) is 4.79 Å². The Morgan fingerprint density at radius 2 is 2.00 bits per heavy atom. The Labute approximate surface area is 156 Å². The van der Waals surface area contributed by atoms with Crippen LogP contribution in [-0.2, 0) is 6.61 Å². The number of anilines is 1. The average molecular weight is 370 g/mol. The molecule has 0 bridgehead atoms. The van der Waals surface area contributed by atoms with Gasteiger partial charge >= 0.3 is 0 Å². The van der Waals surface area contributed by atoms with Crippen LogP contribution in [0.2, 0.25) is 0 Å². The van der Waals surface area contributed by atoms with Crippen molar-refractivity contribution in [2.45, 2.75) is 39.9 Å². The number of carbonyl (C=O) groups excluding carboxylic acids is 1.